The fourth-order valence-corrected chi connectivity index (χ4v) is 3.66. The Morgan fingerprint density at radius 2 is 1.20 bits per heavy atom. The summed E-state index contributed by atoms with van der Waals surface area (Å²) >= 11 is 0. The summed E-state index contributed by atoms with van der Waals surface area (Å²) in [5, 5.41) is 0. The van der Waals surface area contributed by atoms with E-state index in [0.29, 0.717) is 0 Å². The zero-order valence-corrected chi connectivity index (χ0v) is 21.1. The summed E-state index contributed by atoms with van der Waals surface area (Å²) in [6.07, 6.45) is 2.17. The number of hydrogen-bond donors (Lipinski definition) is 0. The summed E-state index contributed by atoms with van der Waals surface area (Å²) in [4.78, 5) is 0. The quantitative estimate of drug-likeness (QED) is 0.226. The van der Waals surface area contributed by atoms with Crippen LogP contribution in [0.2, 0.25) is 0 Å². The molecule has 30 heavy (non-hydrogen) atoms. The second-order valence-corrected chi connectivity index (χ2v) is 9.85. The van der Waals surface area contributed by atoms with Crippen molar-refractivity contribution in [3.8, 4) is 11.4 Å². The predicted molar refractivity (Wildman–Crippen MR) is 123 cm³/mol. The Labute approximate surface area is 193 Å². The van der Waals surface area contributed by atoms with E-state index in [1.807, 2.05) is 0 Å². The summed E-state index contributed by atoms with van der Waals surface area (Å²) in [7, 11) is 0. The van der Waals surface area contributed by atoms with E-state index in [4.69, 9.17) is 0 Å². The third-order valence-corrected chi connectivity index (χ3v) is 5.57. The van der Waals surface area contributed by atoms with Gasteiger partial charge in [-0.2, -0.15) is 16.7 Å². The van der Waals surface area contributed by atoms with Gasteiger partial charge < -0.3 is 0 Å². The second kappa shape index (κ2) is 8.13. The number of rotatable bonds is 2. The smallest absolute Gasteiger partial charge is 0.168 e. The van der Waals surface area contributed by atoms with E-state index in [9.17, 15) is 0 Å². The van der Waals surface area contributed by atoms with Crippen molar-refractivity contribution in [2.24, 2.45) is 0 Å². The van der Waals surface area contributed by atoms with Crippen molar-refractivity contribution in [2.45, 2.75) is 52.4 Å². The molecule has 4 rings (SSSR count). The van der Waals surface area contributed by atoms with E-state index in [-0.39, 0.29) is 30.9 Å². The monoisotopic (exact) mass is 575 g/mol. The minimum absolute atomic E-state index is 0. The van der Waals surface area contributed by atoms with Crippen LogP contribution in [0.3, 0.4) is 0 Å². The Balaban J connectivity index is 0.00000256. The summed E-state index contributed by atoms with van der Waals surface area (Å²) in [5.41, 5.74) is 7.50. The fraction of sp³-hybridized carbons (Fsp3) is 0.296. The van der Waals surface area contributed by atoms with Crippen molar-refractivity contribution >= 4 is 11.0 Å². The molecule has 1 radical (unpaired) electrons. The number of hydrogen-bond acceptors (Lipinski definition) is 0. The summed E-state index contributed by atoms with van der Waals surface area (Å²) in [5.74, 6) is 0. The van der Waals surface area contributed by atoms with Gasteiger partial charge in [-0.3, -0.25) is 0 Å². The summed E-state index contributed by atoms with van der Waals surface area (Å²) < 4.78 is 4.48. The molecule has 0 aliphatic rings. The van der Waals surface area contributed by atoms with E-state index >= 15 is 0 Å². The maximum Gasteiger partial charge on any atom is 0.168 e. The summed E-state index contributed by atoms with van der Waals surface area (Å²) in [6.45, 7) is 13.4. The molecular weight excluding hydrogens is 545 g/mol. The number of benzene rings is 3. The van der Waals surface area contributed by atoms with Gasteiger partial charge in [0.25, 0.3) is 0 Å². The minimum atomic E-state index is 0. The van der Waals surface area contributed by atoms with Crippen molar-refractivity contribution in [2.75, 3.05) is 0 Å². The SMILES string of the molecule is CC(C)(C)c1c[c-]c(-n2[cH+]n(-c3ccc(C(C)(C)C)cc3)c3ccccc32)cc1.[Ir]. The van der Waals surface area contributed by atoms with Gasteiger partial charge in [-0.15, -0.1) is 17.7 Å². The first-order valence-corrected chi connectivity index (χ1v) is 10.3. The number of imidazole rings is 1. The second-order valence-electron chi connectivity index (χ2n) is 9.85. The van der Waals surface area contributed by atoms with Crippen LogP contribution in [0.15, 0.2) is 73.1 Å². The van der Waals surface area contributed by atoms with Crippen molar-refractivity contribution in [3.05, 3.63) is 90.3 Å². The molecule has 0 atom stereocenters. The standard InChI is InChI=1S/C27H30N2.Ir/c1-26(2,3)20-11-15-22(16-12-20)28-19-29(25-10-8-7-9-24(25)28)23-17-13-21(14-18-23)27(4,5)6;/h7-17,19H,1-6H3;. The fourth-order valence-electron chi connectivity index (χ4n) is 3.66. The molecule has 0 aliphatic carbocycles. The molecule has 3 aromatic carbocycles. The molecule has 0 spiro atoms. The van der Waals surface area contributed by atoms with Crippen LogP contribution in [0, 0.1) is 6.07 Å². The van der Waals surface area contributed by atoms with Crippen molar-refractivity contribution in [3.63, 3.8) is 0 Å². The third-order valence-electron chi connectivity index (χ3n) is 5.57. The van der Waals surface area contributed by atoms with Crippen LogP contribution in [-0.4, -0.2) is 9.13 Å². The molecule has 0 saturated heterocycles. The molecule has 157 valence electrons. The largest absolute Gasteiger partial charge is 0.223 e. The van der Waals surface area contributed by atoms with Gasteiger partial charge in [-0.25, -0.2) is 4.57 Å². The van der Waals surface area contributed by atoms with Crippen molar-refractivity contribution in [1.29, 1.82) is 0 Å². The van der Waals surface area contributed by atoms with E-state index in [2.05, 4.69) is 130 Å². The molecule has 1 aromatic heterocycles. The molecule has 3 heteroatoms. The van der Waals surface area contributed by atoms with E-state index in [1.54, 1.807) is 0 Å². The van der Waals surface area contributed by atoms with Gasteiger partial charge in [0.05, 0.1) is 0 Å². The van der Waals surface area contributed by atoms with Gasteiger partial charge in [-0.05, 0) is 35.2 Å². The first-order valence-electron chi connectivity index (χ1n) is 10.3. The molecule has 0 fully saturated rings. The maximum atomic E-state index is 3.50. The molecule has 0 unspecified atom stereocenters. The van der Waals surface area contributed by atoms with Crippen LogP contribution in [0.25, 0.3) is 22.4 Å². The van der Waals surface area contributed by atoms with Crippen LogP contribution < -0.4 is 0 Å². The van der Waals surface area contributed by atoms with Crippen LogP contribution in [0.4, 0.5) is 0 Å². The number of fused-ring (bicyclic) bond motifs is 1. The predicted octanol–water partition coefficient (Wildman–Crippen LogP) is 7.09. The maximum absolute atomic E-state index is 3.50. The summed E-state index contributed by atoms with van der Waals surface area (Å²) in [6, 6.07) is 27.4. The zero-order valence-electron chi connectivity index (χ0n) is 18.7. The van der Waals surface area contributed by atoms with Crippen molar-refractivity contribution in [1.82, 2.24) is 9.13 Å². The van der Waals surface area contributed by atoms with E-state index < -0.39 is 0 Å². The third kappa shape index (κ3) is 4.28. The minimum Gasteiger partial charge on any atom is -0.223 e. The molecule has 0 aliphatic heterocycles. The molecule has 4 aromatic rings. The normalized spacial score (nSPS) is 12.1. The average Bonchev–Trinajstić information content (AvgIpc) is 3.07. The first-order chi connectivity index (χ1) is 13.6. The number of para-hydroxylation sites is 2. The number of nitrogens with zero attached hydrogens (tertiary/aromatic N) is 2. The zero-order chi connectivity index (χ0) is 20.8. The van der Waals surface area contributed by atoms with Gasteiger partial charge >= 0.3 is 0 Å². The van der Waals surface area contributed by atoms with Gasteiger partial charge in [0.15, 0.2) is 17.4 Å². The van der Waals surface area contributed by atoms with Gasteiger partial charge in [0.1, 0.15) is 5.69 Å². The van der Waals surface area contributed by atoms with Crippen LogP contribution in [0.1, 0.15) is 52.7 Å². The first kappa shape index (κ1) is 22.5. The molecular formula is C27H30IrN2. The topological polar surface area (TPSA) is 9.86 Å². The Bertz CT molecular complexity index is 1050. The Morgan fingerprint density at radius 3 is 1.70 bits per heavy atom. The van der Waals surface area contributed by atoms with Crippen molar-refractivity contribution < 1.29 is 20.1 Å². The Kier molecular flexibility index (Phi) is 6.09. The molecule has 2 nitrogen and oxygen atoms in total. The van der Waals surface area contributed by atoms with Gasteiger partial charge in [0, 0.05) is 37.9 Å². The van der Waals surface area contributed by atoms with Gasteiger partial charge in [-0.1, -0.05) is 59.1 Å². The Hall–Kier alpha value is -2.22. The number of aromatic nitrogens is 2. The van der Waals surface area contributed by atoms with E-state index in [1.165, 1.54) is 27.8 Å². The average molecular weight is 575 g/mol. The molecule has 0 saturated carbocycles. The molecule has 1 heterocycles. The molecule has 0 amide bonds. The van der Waals surface area contributed by atoms with Gasteiger partial charge in [0.2, 0.25) is 0 Å². The van der Waals surface area contributed by atoms with Crippen LogP contribution in [0.5, 0.6) is 0 Å². The molecule has 0 N–H and O–H groups in total. The van der Waals surface area contributed by atoms with Crippen LogP contribution in [-0.2, 0) is 30.9 Å². The Morgan fingerprint density at radius 1 is 0.667 bits per heavy atom. The molecule has 0 bridgehead atoms. The van der Waals surface area contributed by atoms with E-state index in [0.717, 1.165) is 5.69 Å². The van der Waals surface area contributed by atoms with Crippen LogP contribution >= 0.6 is 0 Å².